The molecular weight excluding hydrogens is 665 g/mol. The van der Waals surface area contributed by atoms with Gasteiger partial charge in [0.1, 0.15) is 11.5 Å². The predicted molar refractivity (Wildman–Crippen MR) is 204 cm³/mol. The molecule has 8 rings (SSSR count). The summed E-state index contributed by atoms with van der Waals surface area (Å²) in [5.41, 5.74) is 8.00. The van der Waals surface area contributed by atoms with Crippen molar-refractivity contribution in [3.8, 4) is 22.8 Å². The maximum Gasteiger partial charge on any atom is 0.256 e. The van der Waals surface area contributed by atoms with Gasteiger partial charge in [-0.3, -0.25) is 14.5 Å². The van der Waals surface area contributed by atoms with Crippen LogP contribution < -0.4 is 10.2 Å². The highest BCUT2D eigenvalue weighted by Gasteiger charge is 2.33. The summed E-state index contributed by atoms with van der Waals surface area (Å²) in [6, 6.07) is 34.1. The van der Waals surface area contributed by atoms with Gasteiger partial charge in [-0.05, 0) is 65.9 Å². The molecule has 2 fully saturated rings. The van der Waals surface area contributed by atoms with E-state index in [0.717, 1.165) is 33.6 Å². The molecule has 0 spiro atoms. The molecular formula is C43H38N6O4. The standard InChI is InChI=1S/C43H38N6O4/c50-35-15-7-11-30(21-35)26-47-28-45-37(23-29-9-3-1-4-10-29)38(47)25-34-18-20-48(42(34)53)43-46-40(32-13-5-2-6-14-32)39(24-33-17-19-44-41(33)52)49(43)27-31-12-8-16-36(51)22-31/h1-16,21-22,24-25,28,50-51H,17-20,23,26-27H2,(H,44,52)/b33-24+,34-25+. The van der Waals surface area contributed by atoms with Crippen LogP contribution in [0.25, 0.3) is 23.4 Å². The Morgan fingerprint density at radius 2 is 1.38 bits per heavy atom. The van der Waals surface area contributed by atoms with Crippen LogP contribution in [-0.2, 0) is 29.1 Å². The Bertz CT molecular complexity index is 2370. The van der Waals surface area contributed by atoms with Crippen LogP contribution in [0.1, 0.15) is 46.6 Å². The van der Waals surface area contributed by atoms with Gasteiger partial charge in [0.05, 0.1) is 35.6 Å². The quantitative estimate of drug-likeness (QED) is 0.139. The number of anilines is 1. The number of rotatable bonds is 10. The van der Waals surface area contributed by atoms with Gasteiger partial charge in [0.2, 0.25) is 11.9 Å². The van der Waals surface area contributed by atoms with Crippen LogP contribution in [0.4, 0.5) is 5.95 Å². The van der Waals surface area contributed by atoms with Gasteiger partial charge < -0.3 is 24.7 Å². The average Bonchev–Trinajstić information content (AvgIpc) is 3.93. The third-order valence-corrected chi connectivity index (χ3v) is 9.68. The highest BCUT2D eigenvalue weighted by molar-refractivity contribution is 6.10. The van der Waals surface area contributed by atoms with Crippen LogP contribution in [0.15, 0.2) is 127 Å². The third kappa shape index (κ3) is 7.12. The Kier molecular flexibility index (Phi) is 9.16. The number of imidazole rings is 2. The van der Waals surface area contributed by atoms with E-state index in [4.69, 9.17) is 9.97 Å². The Morgan fingerprint density at radius 1 is 0.717 bits per heavy atom. The topological polar surface area (TPSA) is 126 Å². The lowest BCUT2D eigenvalue weighted by Gasteiger charge is -2.18. The molecule has 264 valence electrons. The van der Waals surface area contributed by atoms with Gasteiger partial charge in [-0.2, -0.15) is 0 Å². The summed E-state index contributed by atoms with van der Waals surface area (Å²) in [5, 5.41) is 23.4. The Balaban J connectivity index is 1.22. The molecule has 0 radical (unpaired) electrons. The van der Waals surface area contributed by atoms with E-state index < -0.39 is 0 Å². The largest absolute Gasteiger partial charge is 0.508 e. The number of amides is 2. The van der Waals surface area contributed by atoms with Gasteiger partial charge in [0.15, 0.2) is 0 Å². The molecule has 53 heavy (non-hydrogen) atoms. The minimum atomic E-state index is -0.166. The van der Waals surface area contributed by atoms with Crippen molar-refractivity contribution in [3.05, 3.63) is 160 Å². The molecule has 0 aliphatic carbocycles. The zero-order valence-corrected chi connectivity index (χ0v) is 29.0. The highest BCUT2D eigenvalue weighted by Crippen LogP contribution is 2.35. The summed E-state index contributed by atoms with van der Waals surface area (Å²) >= 11 is 0. The van der Waals surface area contributed by atoms with Crippen LogP contribution in [0.5, 0.6) is 11.5 Å². The van der Waals surface area contributed by atoms with Gasteiger partial charge in [-0.15, -0.1) is 0 Å². The fraction of sp³-hybridized carbons (Fsp3) is 0.163. The second-order valence-electron chi connectivity index (χ2n) is 13.4. The van der Waals surface area contributed by atoms with Crippen molar-refractivity contribution in [2.24, 2.45) is 0 Å². The molecule has 2 amide bonds. The van der Waals surface area contributed by atoms with Crippen molar-refractivity contribution in [2.75, 3.05) is 18.0 Å². The van der Waals surface area contributed by atoms with Gasteiger partial charge in [-0.1, -0.05) is 84.9 Å². The number of phenols is 2. The minimum absolute atomic E-state index is 0.119. The zero-order valence-electron chi connectivity index (χ0n) is 29.0. The van der Waals surface area contributed by atoms with E-state index in [0.29, 0.717) is 73.9 Å². The Labute approximate surface area is 307 Å². The molecule has 4 aromatic carbocycles. The van der Waals surface area contributed by atoms with Crippen molar-refractivity contribution >= 4 is 29.9 Å². The Morgan fingerprint density at radius 3 is 2.06 bits per heavy atom. The Hall–Kier alpha value is -6.68. The van der Waals surface area contributed by atoms with Gasteiger partial charge in [0.25, 0.3) is 5.91 Å². The lowest BCUT2D eigenvalue weighted by molar-refractivity contribution is -0.116. The van der Waals surface area contributed by atoms with Crippen molar-refractivity contribution in [2.45, 2.75) is 32.4 Å². The maximum atomic E-state index is 14.6. The van der Waals surface area contributed by atoms with Crippen molar-refractivity contribution in [1.29, 1.82) is 0 Å². The molecule has 10 heteroatoms. The van der Waals surface area contributed by atoms with E-state index in [-0.39, 0.29) is 23.3 Å². The molecule has 2 aromatic heterocycles. The molecule has 6 aromatic rings. The number of aromatic nitrogens is 4. The molecule has 2 aliphatic rings. The first-order valence-electron chi connectivity index (χ1n) is 17.7. The second-order valence-corrected chi connectivity index (χ2v) is 13.4. The van der Waals surface area contributed by atoms with Crippen molar-refractivity contribution in [3.63, 3.8) is 0 Å². The van der Waals surface area contributed by atoms with E-state index >= 15 is 0 Å². The number of hydrogen-bond acceptors (Lipinski definition) is 6. The summed E-state index contributed by atoms with van der Waals surface area (Å²) in [4.78, 5) is 39.0. The number of phenolic OH excluding ortho intramolecular Hbond substituents is 2. The SMILES string of the molecule is O=C1NCC/C1=C\c1c(-c2ccccc2)nc(N2CC/C(=C\c3c(Cc4ccccc4)ncn3Cc3cccc(O)c3)C2=O)n1Cc1cccc(O)c1. The first-order chi connectivity index (χ1) is 25.9. The fourth-order valence-corrected chi connectivity index (χ4v) is 7.05. The summed E-state index contributed by atoms with van der Waals surface area (Å²) in [6.45, 7) is 1.74. The highest BCUT2D eigenvalue weighted by atomic mass is 16.3. The van der Waals surface area contributed by atoms with Crippen LogP contribution in [-0.4, -0.2) is 54.2 Å². The van der Waals surface area contributed by atoms with Crippen LogP contribution >= 0.6 is 0 Å². The molecule has 0 saturated carbocycles. The van der Waals surface area contributed by atoms with E-state index in [1.54, 1.807) is 41.6 Å². The van der Waals surface area contributed by atoms with Crippen LogP contribution in [0, 0.1) is 0 Å². The van der Waals surface area contributed by atoms with Gasteiger partial charge in [-0.25, -0.2) is 9.97 Å². The summed E-state index contributed by atoms with van der Waals surface area (Å²) < 4.78 is 3.99. The normalized spacial score (nSPS) is 15.9. The van der Waals surface area contributed by atoms with E-state index in [2.05, 4.69) is 17.4 Å². The fourth-order valence-electron chi connectivity index (χ4n) is 7.05. The molecule has 0 unspecified atom stereocenters. The number of benzene rings is 4. The van der Waals surface area contributed by atoms with E-state index in [9.17, 15) is 19.8 Å². The summed E-state index contributed by atoms with van der Waals surface area (Å²) in [5.74, 6) is 0.502. The van der Waals surface area contributed by atoms with Crippen LogP contribution in [0.2, 0.25) is 0 Å². The lowest BCUT2D eigenvalue weighted by Crippen LogP contribution is -2.28. The first-order valence-corrected chi connectivity index (χ1v) is 17.7. The minimum Gasteiger partial charge on any atom is -0.508 e. The third-order valence-electron chi connectivity index (χ3n) is 9.68. The number of nitrogens with zero attached hydrogens (tertiary/aromatic N) is 5. The van der Waals surface area contributed by atoms with Gasteiger partial charge in [0, 0.05) is 42.8 Å². The summed E-state index contributed by atoms with van der Waals surface area (Å²) in [6.07, 6.45) is 7.28. The smallest absolute Gasteiger partial charge is 0.256 e. The van der Waals surface area contributed by atoms with E-state index in [1.807, 2.05) is 88.0 Å². The van der Waals surface area contributed by atoms with E-state index in [1.165, 1.54) is 0 Å². The average molecular weight is 703 g/mol. The summed E-state index contributed by atoms with van der Waals surface area (Å²) in [7, 11) is 0. The molecule has 3 N–H and O–H groups in total. The lowest BCUT2D eigenvalue weighted by atomic mass is 10.1. The first kappa shape index (κ1) is 33.5. The molecule has 0 atom stereocenters. The zero-order chi connectivity index (χ0) is 36.3. The number of carbonyl (C=O) groups excluding carboxylic acids is 2. The number of nitrogens with one attached hydrogen (secondary N) is 1. The second kappa shape index (κ2) is 14.5. The number of carbonyl (C=O) groups is 2. The predicted octanol–water partition coefficient (Wildman–Crippen LogP) is 6.57. The molecule has 10 nitrogen and oxygen atoms in total. The number of hydrogen-bond donors (Lipinski definition) is 3. The van der Waals surface area contributed by atoms with Gasteiger partial charge >= 0.3 is 0 Å². The van der Waals surface area contributed by atoms with Crippen LogP contribution in [0.3, 0.4) is 0 Å². The number of aromatic hydroxyl groups is 2. The molecule has 2 aliphatic heterocycles. The molecule has 2 saturated heterocycles. The maximum absolute atomic E-state index is 14.6. The molecule has 4 heterocycles. The van der Waals surface area contributed by atoms with Crippen molar-refractivity contribution < 1.29 is 19.8 Å². The molecule has 0 bridgehead atoms. The monoisotopic (exact) mass is 702 g/mol. The van der Waals surface area contributed by atoms with Crippen molar-refractivity contribution in [1.82, 2.24) is 24.4 Å².